The number of esters is 1. The zero-order valence-corrected chi connectivity index (χ0v) is 15.1. The molecule has 1 unspecified atom stereocenters. The molecule has 1 saturated carbocycles. The zero-order valence-electron chi connectivity index (χ0n) is 15.1. The Kier molecular flexibility index (Phi) is 4.84. The predicted molar refractivity (Wildman–Crippen MR) is 92.3 cm³/mol. The number of alkyl halides is 2. The summed E-state index contributed by atoms with van der Waals surface area (Å²) < 4.78 is 46.4. The molecule has 0 N–H and O–H groups in total. The van der Waals surface area contributed by atoms with Gasteiger partial charge in [0, 0.05) is 18.1 Å². The third kappa shape index (κ3) is 3.89. The van der Waals surface area contributed by atoms with Gasteiger partial charge in [-0.15, -0.1) is 0 Å². The number of methoxy groups -OCH3 is 1. The summed E-state index contributed by atoms with van der Waals surface area (Å²) in [7, 11) is 1.20. The number of benzene rings is 1. The molecule has 1 fully saturated rings. The average molecular weight is 380 g/mol. The summed E-state index contributed by atoms with van der Waals surface area (Å²) in [6.07, 6.45) is -0.314. The van der Waals surface area contributed by atoms with Gasteiger partial charge in [0.2, 0.25) is 0 Å². The molecule has 1 aliphatic rings. The van der Waals surface area contributed by atoms with Crippen molar-refractivity contribution < 1.29 is 22.7 Å². The van der Waals surface area contributed by atoms with Crippen LogP contribution in [0, 0.1) is 5.82 Å². The molecule has 0 bridgehead atoms. The SMILES string of the molecule is COC(=O)Cn1nc(C(C)C)c(-c2cc(F)cc(C3CC3(F)F)c2)cc1=O. The molecule has 2 aromatic rings. The summed E-state index contributed by atoms with van der Waals surface area (Å²) in [5, 5.41) is 4.22. The van der Waals surface area contributed by atoms with Gasteiger partial charge in [-0.25, -0.2) is 17.9 Å². The average Bonchev–Trinajstić information content (AvgIpc) is 3.24. The number of carbonyl (C=O) groups is 1. The first-order valence-corrected chi connectivity index (χ1v) is 8.50. The van der Waals surface area contributed by atoms with Crippen LogP contribution >= 0.6 is 0 Å². The van der Waals surface area contributed by atoms with Crippen LogP contribution in [0.2, 0.25) is 0 Å². The first-order valence-electron chi connectivity index (χ1n) is 8.50. The van der Waals surface area contributed by atoms with Crippen molar-refractivity contribution >= 4 is 5.97 Å². The maximum absolute atomic E-state index is 14.1. The number of rotatable bonds is 5. The maximum atomic E-state index is 14.1. The first-order chi connectivity index (χ1) is 12.6. The summed E-state index contributed by atoms with van der Waals surface area (Å²) in [6.45, 7) is 3.31. The molecule has 0 radical (unpaired) electrons. The maximum Gasteiger partial charge on any atom is 0.327 e. The van der Waals surface area contributed by atoms with E-state index in [4.69, 9.17) is 0 Å². The molecular formula is C19H19F3N2O3. The topological polar surface area (TPSA) is 61.2 Å². The minimum Gasteiger partial charge on any atom is -0.468 e. The van der Waals surface area contributed by atoms with Crippen molar-refractivity contribution in [1.82, 2.24) is 9.78 Å². The number of ether oxygens (including phenoxy) is 1. The van der Waals surface area contributed by atoms with Gasteiger partial charge >= 0.3 is 5.97 Å². The highest BCUT2D eigenvalue weighted by molar-refractivity contribution is 5.70. The first kappa shape index (κ1) is 19.1. The molecule has 1 heterocycles. The van der Waals surface area contributed by atoms with E-state index < -0.39 is 29.2 Å². The van der Waals surface area contributed by atoms with E-state index in [1.807, 2.05) is 13.8 Å². The Hall–Kier alpha value is -2.64. The van der Waals surface area contributed by atoms with Crippen LogP contribution in [0.25, 0.3) is 11.1 Å². The lowest BCUT2D eigenvalue weighted by Crippen LogP contribution is -2.28. The Morgan fingerprint density at radius 3 is 2.56 bits per heavy atom. The molecule has 8 heteroatoms. The van der Waals surface area contributed by atoms with Gasteiger partial charge in [-0.05, 0) is 29.2 Å². The second-order valence-corrected chi connectivity index (χ2v) is 6.96. The van der Waals surface area contributed by atoms with E-state index in [1.165, 1.54) is 25.3 Å². The Balaban J connectivity index is 2.10. The molecule has 27 heavy (non-hydrogen) atoms. The van der Waals surface area contributed by atoms with E-state index in [1.54, 1.807) is 0 Å². The molecule has 1 atom stereocenters. The van der Waals surface area contributed by atoms with E-state index in [0.717, 1.165) is 10.7 Å². The zero-order chi connectivity index (χ0) is 19.9. The van der Waals surface area contributed by atoms with Gasteiger partial charge in [-0.2, -0.15) is 5.10 Å². The summed E-state index contributed by atoms with van der Waals surface area (Å²) in [4.78, 5) is 23.8. The summed E-state index contributed by atoms with van der Waals surface area (Å²) in [5.41, 5.74) is 0.760. The van der Waals surface area contributed by atoms with Gasteiger partial charge in [-0.1, -0.05) is 19.9 Å². The Labute approximate surface area is 153 Å². The number of halogens is 3. The van der Waals surface area contributed by atoms with Gasteiger partial charge in [0.05, 0.1) is 18.7 Å². The molecule has 3 rings (SSSR count). The normalized spacial score (nSPS) is 17.8. The van der Waals surface area contributed by atoms with Crippen molar-refractivity contribution in [2.24, 2.45) is 0 Å². The number of hydrogen-bond acceptors (Lipinski definition) is 4. The third-order valence-corrected chi connectivity index (χ3v) is 4.54. The molecular weight excluding hydrogens is 361 g/mol. The van der Waals surface area contributed by atoms with Crippen LogP contribution in [0.1, 0.15) is 43.4 Å². The van der Waals surface area contributed by atoms with Crippen molar-refractivity contribution in [2.45, 2.75) is 44.6 Å². The lowest BCUT2D eigenvalue weighted by atomic mass is 9.96. The summed E-state index contributed by atoms with van der Waals surface area (Å²) >= 11 is 0. The largest absolute Gasteiger partial charge is 0.468 e. The molecule has 0 saturated heterocycles. The Morgan fingerprint density at radius 2 is 2.00 bits per heavy atom. The van der Waals surface area contributed by atoms with Crippen LogP contribution in [0.5, 0.6) is 0 Å². The van der Waals surface area contributed by atoms with Gasteiger partial charge in [-0.3, -0.25) is 9.59 Å². The van der Waals surface area contributed by atoms with Crippen molar-refractivity contribution in [3.05, 3.63) is 51.7 Å². The number of carbonyl (C=O) groups excluding carboxylic acids is 1. The molecule has 5 nitrogen and oxygen atoms in total. The second kappa shape index (κ2) is 6.83. The van der Waals surface area contributed by atoms with Gasteiger partial charge < -0.3 is 4.74 Å². The van der Waals surface area contributed by atoms with Gasteiger partial charge in [0.1, 0.15) is 12.4 Å². The van der Waals surface area contributed by atoms with Gasteiger partial charge in [0.15, 0.2) is 0 Å². The molecule has 1 aromatic carbocycles. The fourth-order valence-corrected chi connectivity index (χ4v) is 3.01. The van der Waals surface area contributed by atoms with Crippen LogP contribution in [0.3, 0.4) is 0 Å². The molecule has 144 valence electrons. The van der Waals surface area contributed by atoms with Gasteiger partial charge in [0.25, 0.3) is 11.5 Å². The van der Waals surface area contributed by atoms with Crippen molar-refractivity contribution in [3.8, 4) is 11.1 Å². The van der Waals surface area contributed by atoms with E-state index >= 15 is 0 Å². The van der Waals surface area contributed by atoms with Crippen molar-refractivity contribution in [2.75, 3.05) is 7.11 Å². The Morgan fingerprint density at radius 1 is 1.33 bits per heavy atom. The van der Waals surface area contributed by atoms with Crippen LogP contribution in [0.15, 0.2) is 29.1 Å². The smallest absolute Gasteiger partial charge is 0.327 e. The standard InChI is InChI=1S/C19H19F3N2O3/c1-10(2)18-14(7-16(25)24(23-18)9-17(26)27-3)11-4-12(6-13(20)5-11)15-8-19(15,21)22/h4-7,10,15H,8-9H2,1-3H3. The van der Waals surface area contributed by atoms with Crippen molar-refractivity contribution in [3.63, 3.8) is 0 Å². The fraction of sp³-hybridized carbons (Fsp3) is 0.421. The molecule has 1 aliphatic carbocycles. The molecule has 1 aromatic heterocycles. The minimum absolute atomic E-state index is 0.154. The summed E-state index contributed by atoms with van der Waals surface area (Å²) in [6, 6.07) is 5.00. The van der Waals surface area contributed by atoms with E-state index in [2.05, 4.69) is 9.84 Å². The van der Waals surface area contributed by atoms with Crippen LogP contribution in [-0.4, -0.2) is 28.8 Å². The lowest BCUT2D eigenvalue weighted by molar-refractivity contribution is -0.141. The van der Waals surface area contributed by atoms with Crippen LogP contribution in [-0.2, 0) is 16.1 Å². The highest BCUT2D eigenvalue weighted by atomic mass is 19.3. The summed E-state index contributed by atoms with van der Waals surface area (Å²) in [5.74, 6) is -5.27. The van der Waals surface area contributed by atoms with Crippen LogP contribution < -0.4 is 5.56 Å². The number of hydrogen-bond donors (Lipinski definition) is 0. The molecule has 0 aliphatic heterocycles. The number of aromatic nitrogens is 2. The predicted octanol–water partition coefficient (Wildman–Crippen LogP) is 3.47. The third-order valence-electron chi connectivity index (χ3n) is 4.54. The molecule has 0 amide bonds. The Bertz CT molecular complexity index is 954. The monoisotopic (exact) mass is 380 g/mol. The minimum atomic E-state index is -2.83. The fourth-order valence-electron chi connectivity index (χ4n) is 3.01. The highest BCUT2D eigenvalue weighted by Crippen LogP contribution is 2.56. The number of nitrogens with zero attached hydrogens (tertiary/aromatic N) is 2. The quantitative estimate of drug-likeness (QED) is 0.746. The van der Waals surface area contributed by atoms with E-state index in [9.17, 15) is 22.8 Å². The van der Waals surface area contributed by atoms with Crippen molar-refractivity contribution in [1.29, 1.82) is 0 Å². The van der Waals surface area contributed by atoms with E-state index in [-0.39, 0.29) is 24.4 Å². The molecule has 0 spiro atoms. The highest BCUT2D eigenvalue weighted by Gasteiger charge is 2.57. The van der Waals surface area contributed by atoms with E-state index in [0.29, 0.717) is 16.8 Å². The van der Waals surface area contributed by atoms with Crippen LogP contribution in [0.4, 0.5) is 13.2 Å². The lowest BCUT2D eigenvalue weighted by Gasteiger charge is -2.15. The second-order valence-electron chi connectivity index (χ2n) is 6.96.